The molecule has 11 aromatic carbocycles. The van der Waals surface area contributed by atoms with Crippen LogP contribution >= 0.6 is 0 Å². The summed E-state index contributed by atoms with van der Waals surface area (Å²) in [6.07, 6.45) is 0. The summed E-state index contributed by atoms with van der Waals surface area (Å²) in [7, 11) is 0. The molecule has 0 fully saturated rings. The maximum Gasteiger partial charge on any atom is 0.0979 e. The van der Waals surface area contributed by atoms with E-state index in [2.05, 4.69) is 301 Å². The van der Waals surface area contributed by atoms with Gasteiger partial charge in [0.1, 0.15) is 0 Å². The van der Waals surface area contributed by atoms with Gasteiger partial charge in [-0.25, -0.2) is 9.97 Å². The van der Waals surface area contributed by atoms with E-state index in [0.29, 0.717) is 0 Å². The molecule has 12 aromatic rings. The zero-order chi connectivity index (χ0) is 48.1. The van der Waals surface area contributed by atoms with Crippen LogP contribution in [0.5, 0.6) is 0 Å². The summed E-state index contributed by atoms with van der Waals surface area (Å²) in [5.74, 6) is 0. The molecule has 0 aliphatic heterocycles. The molecule has 0 saturated heterocycles. The van der Waals surface area contributed by atoms with Crippen LogP contribution in [0.15, 0.2) is 291 Å². The van der Waals surface area contributed by atoms with Gasteiger partial charge in [-0.3, -0.25) is 0 Å². The van der Waals surface area contributed by atoms with E-state index in [-0.39, 0.29) is 0 Å². The zero-order valence-electron chi connectivity index (χ0n) is 39.5. The van der Waals surface area contributed by atoms with Crippen molar-refractivity contribution < 1.29 is 0 Å². The first-order valence-corrected chi connectivity index (χ1v) is 24.4. The number of hydrogen-bond acceptors (Lipinski definition) is 4. The highest BCUT2D eigenvalue weighted by atomic mass is 15.2. The van der Waals surface area contributed by atoms with Crippen LogP contribution in [0.2, 0.25) is 0 Å². The average molecular weight is 921 g/mol. The third kappa shape index (κ3) is 8.81. The van der Waals surface area contributed by atoms with E-state index in [9.17, 15) is 0 Å². The lowest BCUT2D eigenvalue weighted by atomic mass is 9.93. The lowest BCUT2D eigenvalue weighted by Gasteiger charge is -2.28. The van der Waals surface area contributed by atoms with E-state index in [0.717, 1.165) is 107 Å². The standard InChI is InChI=1S/C68H48N4/c1-7-21-49(22-8-1)53-27-19-29-55(47-53)63-45-46-64(56-30-20-28-54(48-56)50-23-9-2-10-24-50)68-67(63)69-65(51-25-11-3-12-26-51)66(70-68)52-37-39-60(40-38-52)72(59-35-17-6-18-36-59)62-43-41-61(42-44-62)71(57-31-13-4-14-32-57)58-33-15-5-16-34-58/h1-48H. The Morgan fingerprint density at radius 2 is 0.458 bits per heavy atom. The molecule has 0 spiro atoms. The van der Waals surface area contributed by atoms with Crippen molar-refractivity contribution in [3.8, 4) is 67.0 Å². The molecule has 0 amide bonds. The van der Waals surface area contributed by atoms with Gasteiger partial charge in [-0.15, -0.1) is 0 Å². The number of rotatable bonds is 12. The number of benzene rings is 11. The first kappa shape index (κ1) is 43.6. The van der Waals surface area contributed by atoms with Crippen molar-refractivity contribution in [3.63, 3.8) is 0 Å². The monoisotopic (exact) mass is 920 g/mol. The van der Waals surface area contributed by atoms with Gasteiger partial charge in [0.05, 0.1) is 22.4 Å². The van der Waals surface area contributed by atoms with Crippen molar-refractivity contribution >= 4 is 45.2 Å². The lowest BCUT2D eigenvalue weighted by Crippen LogP contribution is -2.12. The van der Waals surface area contributed by atoms with Gasteiger partial charge >= 0.3 is 0 Å². The Morgan fingerprint density at radius 1 is 0.194 bits per heavy atom. The number of fused-ring (bicyclic) bond motifs is 1. The number of hydrogen-bond donors (Lipinski definition) is 0. The molecule has 72 heavy (non-hydrogen) atoms. The highest BCUT2D eigenvalue weighted by Crippen LogP contribution is 2.43. The van der Waals surface area contributed by atoms with E-state index >= 15 is 0 Å². The Kier molecular flexibility index (Phi) is 12.0. The molecule has 340 valence electrons. The molecule has 0 radical (unpaired) electrons. The zero-order valence-corrected chi connectivity index (χ0v) is 39.5. The first-order valence-electron chi connectivity index (χ1n) is 24.4. The van der Waals surface area contributed by atoms with E-state index in [1.807, 2.05) is 0 Å². The fraction of sp³-hybridized carbons (Fsp3) is 0. The van der Waals surface area contributed by atoms with Crippen LogP contribution in [-0.2, 0) is 0 Å². The third-order valence-corrected chi connectivity index (χ3v) is 13.2. The van der Waals surface area contributed by atoms with Crippen LogP contribution in [-0.4, -0.2) is 9.97 Å². The average Bonchev–Trinajstić information content (AvgIpc) is 3.47. The van der Waals surface area contributed by atoms with Crippen LogP contribution in [0.4, 0.5) is 34.1 Å². The summed E-state index contributed by atoms with van der Waals surface area (Å²) >= 11 is 0. The summed E-state index contributed by atoms with van der Waals surface area (Å²) in [5.41, 5.74) is 20.5. The van der Waals surface area contributed by atoms with Gasteiger partial charge in [-0.05, 0) is 118 Å². The molecule has 0 unspecified atom stereocenters. The largest absolute Gasteiger partial charge is 0.311 e. The smallest absolute Gasteiger partial charge is 0.0979 e. The quantitative estimate of drug-likeness (QED) is 0.122. The SMILES string of the molecule is c1ccc(-c2cccc(-c3ccc(-c4cccc(-c5ccccc5)c4)c4nc(-c5ccc(N(c6ccccc6)c6ccc(N(c7ccccc7)c7ccccc7)cc6)cc5)c(-c5ccccc5)nc34)c2)cc1. The Bertz CT molecular complexity index is 3720. The van der Waals surface area contributed by atoms with Crippen LogP contribution in [0.3, 0.4) is 0 Å². The van der Waals surface area contributed by atoms with E-state index < -0.39 is 0 Å². The minimum atomic E-state index is 0.813. The first-order chi connectivity index (χ1) is 35.7. The molecule has 4 nitrogen and oxygen atoms in total. The second-order valence-electron chi connectivity index (χ2n) is 17.8. The molecule has 0 atom stereocenters. The Labute approximate surface area is 421 Å². The maximum atomic E-state index is 5.75. The maximum absolute atomic E-state index is 5.75. The van der Waals surface area contributed by atoms with Crippen molar-refractivity contribution in [2.75, 3.05) is 9.80 Å². The van der Waals surface area contributed by atoms with Crippen LogP contribution < -0.4 is 9.80 Å². The van der Waals surface area contributed by atoms with Crippen molar-refractivity contribution in [1.82, 2.24) is 9.97 Å². The van der Waals surface area contributed by atoms with Gasteiger partial charge in [0.25, 0.3) is 0 Å². The minimum absolute atomic E-state index is 0.813. The molecular weight excluding hydrogens is 873 g/mol. The van der Waals surface area contributed by atoms with Crippen LogP contribution in [0.25, 0.3) is 78.1 Å². The number of nitrogens with zero attached hydrogens (tertiary/aromatic N) is 4. The topological polar surface area (TPSA) is 32.3 Å². The predicted octanol–water partition coefficient (Wildman–Crippen LogP) is 18.6. The fourth-order valence-corrected chi connectivity index (χ4v) is 9.74. The van der Waals surface area contributed by atoms with Crippen molar-refractivity contribution in [3.05, 3.63) is 291 Å². The normalized spacial score (nSPS) is 11.1. The number of para-hydroxylation sites is 3. The molecular formula is C68H48N4. The fourth-order valence-electron chi connectivity index (χ4n) is 9.74. The summed E-state index contributed by atoms with van der Waals surface area (Å²) in [6, 6.07) is 103. The predicted molar refractivity (Wildman–Crippen MR) is 302 cm³/mol. The van der Waals surface area contributed by atoms with Crippen molar-refractivity contribution in [2.45, 2.75) is 0 Å². The van der Waals surface area contributed by atoms with Crippen molar-refractivity contribution in [2.24, 2.45) is 0 Å². The van der Waals surface area contributed by atoms with Gasteiger partial charge < -0.3 is 9.80 Å². The molecule has 0 saturated carbocycles. The molecule has 0 N–H and O–H groups in total. The van der Waals surface area contributed by atoms with E-state index in [1.54, 1.807) is 0 Å². The van der Waals surface area contributed by atoms with Gasteiger partial charge in [0.15, 0.2) is 0 Å². The van der Waals surface area contributed by atoms with Gasteiger partial charge in [-0.2, -0.15) is 0 Å². The molecule has 0 bridgehead atoms. The molecule has 4 heteroatoms. The second-order valence-corrected chi connectivity index (χ2v) is 17.8. The van der Waals surface area contributed by atoms with Gasteiger partial charge in [0.2, 0.25) is 0 Å². The van der Waals surface area contributed by atoms with Crippen LogP contribution in [0, 0.1) is 0 Å². The summed E-state index contributed by atoms with van der Waals surface area (Å²) in [6.45, 7) is 0. The highest BCUT2D eigenvalue weighted by molar-refractivity contribution is 6.03. The van der Waals surface area contributed by atoms with Gasteiger partial charge in [-0.1, -0.05) is 206 Å². The second kappa shape index (κ2) is 19.8. The van der Waals surface area contributed by atoms with E-state index in [4.69, 9.17) is 9.97 Å². The molecule has 0 aliphatic carbocycles. The third-order valence-electron chi connectivity index (χ3n) is 13.2. The summed E-state index contributed by atoms with van der Waals surface area (Å²) in [5, 5.41) is 0. The molecule has 1 aromatic heterocycles. The highest BCUT2D eigenvalue weighted by Gasteiger charge is 2.21. The Balaban J connectivity index is 1.00. The number of anilines is 6. The molecule has 1 heterocycles. The molecule has 0 aliphatic rings. The summed E-state index contributed by atoms with van der Waals surface area (Å²) in [4.78, 5) is 16.1. The Hall–Kier alpha value is -9.64. The van der Waals surface area contributed by atoms with Crippen LogP contribution in [0.1, 0.15) is 0 Å². The summed E-state index contributed by atoms with van der Waals surface area (Å²) < 4.78 is 0. The van der Waals surface area contributed by atoms with E-state index in [1.165, 1.54) is 5.56 Å². The lowest BCUT2D eigenvalue weighted by molar-refractivity contribution is 1.25. The molecule has 12 rings (SSSR count). The number of aromatic nitrogens is 2. The van der Waals surface area contributed by atoms with Gasteiger partial charge in [0, 0.05) is 56.4 Å². The van der Waals surface area contributed by atoms with Crippen molar-refractivity contribution in [1.29, 1.82) is 0 Å². The Morgan fingerprint density at radius 3 is 0.819 bits per heavy atom. The minimum Gasteiger partial charge on any atom is -0.311 e.